The number of para-hydroxylation sites is 1. The highest BCUT2D eigenvalue weighted by Crippen LogP contribution is 2.23. The number of anilines is 1. The normalized spacial score (nSPS) is 14.8. The maximum Gasteiger partial charge on any atom is 0.223 e. The molecule has 0 radical (unpaired) electrons. The van der Waals surface area contributed by atoms with E-state index in [1.54, 1.807) is 17.7 Å². The lowest BCUT2D eigenvalue weighted by molar-refractivity contribution is -0.131. The van der Waals surface area contributed by atoms with Crippen molar-refractivity contribution in [3.05, 3.63) is 46.7 Å². The molecule has 0 atom stereocenters. The summed E-state index contributed by atoms with van der Waals surface area (Å²) in [5, 5.41) is 1.07. The smallest absolute Gasteiger partial charge is 0.223 e. The van der Waals surface area contributed by atoms with E-state index in [9.17, 15) is 4.79 Å². The highest BCUT2D eigenvalue weighted by atomic mass is 32.1. The van der Waals surface area contributed by atoms with Crippen molar-refractivity contribution in [3.8, 4) is 0 Å². The zero-order chi connectivity index (χ0) is 17.9. The van der Waals surface area contributed by atoms with Gasteiger partial charge in [0.2, 0.25) is 5.91 Å². The maximum atomic E-state index is 12.5. The van der Waals surface area contributed by atoms with Crippen LogP contribution in [0.3, 0.4) is 0 Å². The van der Waals surface area contributed by atoms with E-state index in [1.165, 1.54) is 4.88 Å². The Bertz CT molecular complexity index is 912. The van der Waals surface area contributed by atoms with Crippen molar-refractivity contribution in [1.82, 2.24) is 19.9 Å². The number of piperazine rings is 1. The number of rotatable bonds is 4. The van der Waals surface area contributed by atoms with Crippen molar-refractivity contribution in [3.63, 3.8) is 0 Å². The molecule has 0 bridgehead atoms. The molecule has 1 aliphatic rings. The highest BCUT2D eigenvalue weighted by molar-refractivity contribution is 7.09. The average molecular weight is 367 g/mol. The number of hydrogen-bond acceptors (Lipinski definition) is 6. The number of nitrogens with zero attached hydrogens (tertiary/aromatic N) is 5. The van der Waals surface area contributed by atoms with Crippen molar-refractivity contribution >= 4 is 34.0 Å². The number of amides is 1. The fourth-order valence-electron chi connectivity index (χ4n) is 3.35. The first kappa shape index (κ1) is 16.9. The minimum absolute atomic E-state index is 0.227. The van der Waals surface area contributed by atoms with Crippen LogP contribution in [0.15, 0.2) is 36.1 Å². The van der Waals surface area contributed by atoms with Gasteiger partial charge in [-0.1, -0.05) is 12.1 Å². The lowest BCUT2D eigenvalue weighted by atomic mass is 10.2. The van der Waals surface area contributed by atoms with Crippen LogP contribution in [-0.2, 0) is 11.2 Å². The minimum atomic E-state index is 0.227. The van der Waals surface area contributed by atoms with E-state index in [-0.39, 0.29) is 5.91 Å². The summed E-state index contributed by atoms with van der Waals surface area (Å²) in [5.74, 6) is 1.19. The van der Waals surface area contributed by atoms with Crippen LogP contribution in [0.2, 0.25) is 0 Å². The Labute approximate surface area is 156 Å². The molecule has 0 unspecified atom stereocenters. The number of carbonyl (C=O) groups is 1. The number of carbonyl (C=O) groups excluding carboxylic acids is 1. The standard InChI is InChI=1S/C19H21N5OS/c1-14-17(26-13-22-14)6-7-18(25)23-8-10-24(11-9-23)19-15-4-2-3-5-16(15)20-12-21-19/h2-5,12-13H,6-11H2,1H3. The molecule has 6 nitrogen and oxygen atoms in total. The summed E-state index contributed by atoms with van der Waals surface area (Å²) in [5.41, 5.74) is 3.85. The third-order valence-electron chi connectivity index (χ3n) is 4.86. The van der Waals surface area contributed by atoms with Crippen molar-refractivity contribution in [2.24, 2.45) is 0 Å². The molecule has 1 aliphatic heterocycles. The molecule has 3 aromatic rings. The van der Waals surface area contributed by atoms with Gasteiger partial charge in [0.05, 0.1) is 16.7 Å². The van der Waals surface area contributed by atoms with Gasteiger partial charge >= 0.3 is 0 Å². The van der Waals surface area contributed by atoms with Crippen LogP contribution < -0.4 is 4.90 Å². The van der Waals surface area contributed by atoms with Crippen LogP contribution in [0, 0.1) is 6.92 Å². The van der Waals surface area contributed by atoms with E-state index in [1.807, 2.05) is 35.5 Å². The van der Waals surface area contributed by atoms with E-state index < -0.39 is 0 Å². The maximum absolute atomic E-state index is 12.5. The number of aryl methyl sites for hydroxylation is 2. The molecule has 0 N–H and O–H groups in total. The number of thiazole rings is 1. The van der Waals surface area contributed by atoms with Crippen LogP contribution in [0.4, 0.5) is 5.82 Å². The monoisotopic (exact) mass is 367 g/mol. The van der Waals surface area contributed by atoms with E-state index in [0.29, 0.717) is 6.42 Å². The minimum Gasteiger partial charge on any atom is -0.352 e. The molecule has 4 rings (SSSR count). The van der Waals surface area contributed by atoms with Crippen molar-refractivity contribution in [2.75, 3.05) is 31.1 Å². The van der Waals surface area contributed by atoms with Gasteiger partial charge in [0.15, 0.2) is 0 Å². The zero-order valence-electron chi connectivity index (χ0n) is 14.8. The van der Waals surface area contributed by atoms with Crippen LogP contribution in [0.25, 0.3) is 10.9 Å². The van der Waals surface area contributed by atoms with Crippen molar-refractivity contribution in [2.45, 2.75) is 19.8 Å². The van der Waals surface area contributed by atoms with Gasteiger partial charge < -0.3 is 9.80 Å². The Kier molecular flexibility index (Phi) is 4.79. The molecular weight excluding hydrogens is 346 g/mol. The zero-order valence-corrected chi connectivity index (χ0v) is 15.6. The highest BCUT2D eigenvalue weighted by Gasteiger charge is 2.23. The molecule has 1 fully saturated rings. The fourth-order valence-corrected chi connectivity index (χ4v) is 4.14. The van der Waals surface area contributed by atoms with Gasteiger partial charge in [-0.25, -0.2) is 15.0 Å². The Morgan fingerprint density at radius 3 is 2.69 bits per heavy atom. The van der Waals surface area contributed by atoms with Crippen LogP contribution in [0.5, 0.6) is 0 Å². The summed E-state index contributed by atoms with van der Waals surface area (Å²) in [4.78, 5) is 31.0. The van der Waals surface area contributed by atoms with Gasteiger partial charge in [-0.15, -0.1) is 11.3 Å². The first-order chi connectivity index (χ1) is 12.7. The molecule has 1 saturated heterocycles. The van der Waals surface area contributed by atoms with Gasteiger partial charge in [0, 0.05) is 42.9 Å². The van der Waals surface area contributed by atoms with Gasteiger partial charge in [-0.3, -0.25) is 4.79 Å². The molecular formula is C19H21N5OS. The van der Waals surface area contributed by atoms with Crippen molar-refractivity contribution < 1.29 is 4.79 Å². The Morgan fingerprint density at radius 1 is 1.12 bits per heavy atom. The van der Waals surface area contributed by atoms with E-state index in [2.05, 4.69) is 25.9 Å². The summed E-state index contributed by atoms with van der Waals surface area (Å²) >= 11 is 1.63. The fraction of sp³-hybridized carbons (Fsp3) is 0.368. The largest absolute Gasteiger partial charge is 0.352 e. The summed E-state index contributed by atoms with van der Waals surface area (Å²) in [6, 6.07) is 8.05. The summed E-state index contributed by atoms with van der Waals surface area (Å²) < 4.78 is 0. The Morgan fingerprint density at radius 2 is 1.92 bits per heavy atom. The van der Waals surface area contributed by atoms with Crippen LogP contribution in [-0.4, -0.2) is 51.9 Å². The quantitative estimate of drug-likeness (QED) is 0.709. The second kappa shape index (κ2) is 7.37. The molecule has 0 aliphatic carbocycles. The van der Waals surface area contributed by atoms with E-state index in [0.717, 1.165) is 55.0 Å². The van der Waals surface area contributed by atoms with E-state index in [4.69, 9.17) is 0 Å². The molecule has 3 heterocycles. The van der Waals surface area contributed by atoms with Crippen LogP contribution >= 0.6 is 11.3 Å². The summed E-state index contributed by atoms with van der Waals surface area (Å²) in [6.45, 7) is 5.07. The molecule has 1 aromatic carbocycles. The Hall–Kier alpha value is -2.54. The lowest BCUT2D eigenvalue weighted by Crippen LogP contribution is -2.49. The summed E-state index contributed by atoms with van der Waals surface area (Å²) in [7, 11) is 0. The van der Waals surface area contributed by atoms with Gasteiger partial charge in [0.1, 0.15) is 12.1 Å². The third-order valence-corrected chi connectivity index (χ3v) is 5.86. The van der Waals surface area contributed by atoms with E-state index >= 15 is 0 Å². The molecule has 0 spiro atoms. The second-order valence-electron chi connectivity index (χ2n) is 6.44. The SMILES string of the molecule is Cc1ncsc1CCC(=O)N1CCN(c2ncnc3ccccc23)CC1. The molecule has 26 heavy (non-hydrogen) atoms. The third kappa shape index (κ3) is 3.39. The van der Waals surface area contributed by atoms with Gasteiger partial charge in [-0.2, -0.15) is 0 Å². The van der Waals surface area contributed by atoms with Gasteiger partial charge in [-0.05, 0) is 25.5 Å². The summed E-state index contributed by atoms with van der Waals surface area (Å²) in [6.07, 6.45) is 2.96. The molecule has 2 aromatic heterocycles. The first-order valence-corrected chi connectivity index (χ1v) is 9.72. The molecule has 0 saturated carbocycles. The molecule has 7 heteroatoms. The molecule has 1 amide bonds. The number of aromatic nitrogens is 3. The molecule has 134 valence electrons. The second-order valence-corrected chi connectivity index (χ2v) is 7.38. The average Bonchev–Trinajstić information content (AvgIpc) is 3.10. The van der Waals surface area contributed by atoms with Crippen LogP contribution in [0.1, 0.15) is 17.0 Å². The number of hydrogen-bond donors (Lipinski definition) is 0. The first-order valence-electron chi connectivity index (χ1n) is 8.84. The van der Waals surface area contributed by atoms with Crippen molar-refractivity contribution in [1.29, 1.82) is 0 Å². The lowest BCUT2D eigenvalue weighted by Gasteiger charge is -2.35. The topological polar surface area (TPSA) is 62.2 Å². The predicted molar refractivity (Wildman–Crippen MR) is 104 cm³/mol. The Balaban J connectivity index is 1.38. The predicted octanol–water partition coefficient (Wildman–Crippen LogP) is 2.68. The van der Waals surface area contributed by atoms with Gasteiger partial charge in [0.25, 0.3) is 0 Å². The number of fused-ring (bicyclic) bond motifs is 1. The number of benzene rings is 1.